The van der Waals surface area contributed by atoms with Crippen molar-refractivity contribution in [2.24, 2.45) is 5.92 Å². The lowest BCUT2D eigenvalue weighted by Gasteiger charge is -2.32. The van der Waals surface area contributed by atoms with Crippen LogP contribution in [0.3, 0.4) is 0 Å². The Bertz CT molecular complexity index is 1870. The molecule has 4 heterocycles. The summed E-state index contributed by atoms with van der Waals surface area (Å²) >= 11 is 6.58. The second kappa shape index (κ2) is 13.7. The van der Waals surface area contributed by atoms with Gasteiger partial charge in [0.05, 0.1) is 36.6 Å². The molecule has 1 unspecified atom stereocenters. The average molecular weight is 714 g/mol. The predicted molar refractivity (Wildman–Crippen MR) is 194 cm³/mol. The molecule has 1 aromatic heterocycles. The standard InChI is InChI=1S/C38H44ClN5O5Si/c1-25-36(50(2,3)48)34(18-20-42-23-32(40-41-42)30(24-45)27-9-5-4-6-10-27)49-38(25)31-21-28(39)14-17-33(31)44(37(38)47)22-26-12-15-29(16-13-26)43-19-8-7-11-35(43)46/h4-6,9-10,12-17,21,23,25,30,34,36,45,48H,7-8,11,18-20,22,24H2,1-3H3/t25-,30?,34+,36-,38+/m1/s1. The number of carbonyl (C=O) groups is 2. The number of hydrogen-bond donors (Lipinski definition) is 2. The van der Waals surface area contributed by atoms with E-state index in [-0.39, 0.29) is 35.8 Å². The highest BCUT2D eigenvalue weighted by Gasteiger charge is 2.66. The summed E-state index contributed by atoms with van der Waals surface area (Å²) in [4.78, 5) is 42.6. The lowest BCUT2D eigenvalue weighted by atomic mass is 9.82. The first kappa shape index (κ1) is 34.6. The van der Waals surface area contributed by atoms with Gasteiger partial charge < -0.3 is 24.4 Å². The number of piperidine rings is 1. The molecular formula is C38H44ClN5O5Si. The van der Waals surface area contributed by atoms with Crippen LogP contribution in [-0.2, 0) is 33.0 Å². The van der Waals surface area contributed by atoms with Gasteiger partial charge in [-0.3, -0.25) is 14.3 Å². The zero-order valence-electron chi connectivity index (χ0n) is 28.7. The summed E-state index contributed by atoms with van der Waals surface area (Å²) in [5.41, 5.74) is 3.33. The number of aromatic nitrogens is 3. The van der Waals surface area contributed by atoms with Gasteiger partial charge in [-0.15, -0.1) is 5.10 Å². The quantitative estimate of drug-likeness (QED) is 0.193. The van der Waals surface area contributed by atoms with Crippen LogP contribution in [0.1, 0.15) is 60.9 Å². The fourth-order valence-corrected chi connectivity index (χ4v) is 11.2. The topological polar surface area (TPSA) is 121 Å². The maximum atomic E-state index is 14.8. The maximum Gasteiger partial charge on any atom is 0.264 e. The Morgan fingerprint density at radius 3 is 2.52 bits per heavy atom. The number of fused-ring (bicyclic) bond motifs is 2. The lowest BCUT2D eigenvalue weighted by molar-refractivity contribution is -0.146. The first-order chi connectivity index (χ1) is 24.0. The van der Waals surface area contributed by atoms with E-state index in [4.69, 9.17) is 16.3 Å². The van der Waals surface area contributed by atoms with Gasteiger partial charge in [-0.25, -0.2) is 0 Å². The van der Waals surface area contributed by atoms with Crippen LogP contribution in [0.25, 0.3) is 0 Å². The minimum atomic E-state index is -2.87. The number of amides is 2. The van der Waals surface area contributed by atoms with Crippen LogP contribution < -0.4 is 9.80 Å². The van der Waals surface area contributed by atoms with E-state index in [1.807, 2.05) is 97.8 Å². The van der Waals surface area contributed by atoms with Gasteiger partial charge in [0.2, 0.25) is 5.91 Å². The zero-order chi connectivity index (χ0) is 35.2. The molecule has 262 valence electrons. The first-order valence-corrected chi connectivity index (χ1v) is 20.9. The van der Waals surface area contributed by atoms with Gasteiger partial charge in [0.25, 0.3) is 5.91 Å². The van der Waals surface area contributed by atoms with Crippen LogP contribution >= 0.6 is 11.6 Å². The molecule has 0 bridgehead atoms. The highest BCUT2D eigenvalue weighted by Crippen LogP contribution is 2.60. The molecule has 7 rings (SSSR count). The van der Waals surface area contributed by atoms with Crippen LogP contribution in [0.2, 0.25) is 23.7 Å². The van der Waals surface area contributed by atoms with Crippen molar-refractivity contribution >= 4 is 43.1 Å². The van der Waals surface area contributed by atoms with E-state index < -0.39 is 20.0 Å². The Balaban J connectivity index is 1.15. The molecular weight excluding hydrogens is 670 g/mol. The molecule has 0 aliphatic carbocycles. The van der Waals surface area contributed by atoms with Crippen LogP contribution in [-0.4, -0.2) is 64.3 Å². The number of halogens is 1. The van der Waals surface area contributed by atoms with Gasteiger partial charge in [-0.05, 0) is 73.8 Å². The van der Waals surface area contributed by atoms with E-state index in [9.17, 15) is 19.5 Å². The molecule has 10 nitrogen and oxygen atoms in total. The largest absolute Gasteiger partial charge is 0.432 e. The summed E-state index contributed by atoms with van der Waals surface area (Å²) in [7, 11) is -2.87. The lowest BCUT2D eigenvalue weighted by Crippen LogP contribution is -2.46. The highest BCUT2D eigenvalue weighted by atomic mass is 35.5. The van der Waals surface area contributed by atoms with E-state index >= 15 is 0 Å². The van der Waals surface area contributed by atoms with Crippen molar-refractivity contribution in [3.63, 3.8) is 0 Å². The second-order valence-electron chi connectivity index (χ2n) is 14.4. The Kier molecular flexibility index (Phi) is 9.46. The molecule has 4 aromatic rings. The van der Waals surface area contributed by atoms with Crippen molar-refractivity contribution in [2.45, 2.75) is 82.0 Å². The monoisotopic (exact) mass is 713 g/mol. The van der Waals surface area contributed by atoms with Gasteiger partial charge >= 0.3 is 0 Å². The SMILES string of the molecule is C[C@@H]1[C@@H]([Si](C)(C)O)[C@H](CCn2cc(C(CO)c3ccccc3)nn2)O[C@@]12C(=O)N(Cc1ccc(N3CCCCC3=O)cc1)c1ccc(Cl)cc12. The van der Waals surface area contributed by atoms with Crippen molar-refractivity contribution in [2.75, 3.05) is 23.0 Å². The summed E-state index contributed by atoms with van der Waals surface area (Å²) < 4.78 is 8.73. The smallest absolute Gasteiger partial charge is 0.264 e. The molecule has 12 heteroatoms. The van der Waals surface area contributed by atoms with E-state index in [0.717, 1.165) is 47.5 Å². The zero-order valence-corrected chi connectivity index (χ0v) is 30.5. The summed E-state index contributed by atoms with van der Waals surface area (Å²) in [6, 6.07) is 23.1. The number of ether oxygens (including phenoxy) is 1. The predicted octanol–water partition coefficient (Wildman–Crippen LogP) is 6.01. The third kappa shape index (κ3) is 6.19. The van der Waals surface area contributed by atoms with E-state index in [0.29, 0.717) is 36.6 Å². The summed E-state index contributed by atoms with van der Waals surface area (Å²) in [5, 5.41) is 19.4. The average Bonchev–Trinajstić information content (AvgIpc) is 3.75. The van der Waals surface area contributed by atoms with E-state index in [1.54, 1.807) is 15.6 Å². The molecule has 5 atom stereocenters. The van der Waals surface area contributed by atoms with Crippen molar-refractivity contribution in [1.82, 2.24) is 15.0 Å². The van der Waals surface area contributed by atoms with Gasteiger partial charge in [-0.2, -0.15) is 0 Å². The Morgan fingerprint density at radius 1 is 1.06 bits per heavy atom. The van der Waals surface area contributed by atoms with Gasteiger partial charge in [-0.1, -0.05) is 66.2 Å². The van der Waals surface area contributed by atoms with Crippen molar-refractivity contribution in [1.29, 1.82) is 0 Å². The molecule has 3 aliphatic rings. The highest BCUT2D eigenvalue weighted by molar-refractivity contribution is 6.71. The maximum absolute atomic E-state index is 14.8. The third-order valence-corrected chi connectivity index (χ3v) is 13.5. The fraction of sp³-hybridized carbons (Fsp3) is 0.421. The van der Waals surface area contributed by atoms with E-state index in [1.165, 1.54) is 0 Å². The number of aliphatic hydroxyl groups excluding tert-OH is 1. The Hall–Kier alpha value is -3.87. The van der Waals surface area contributed by atoms with Crippen molar-refractivity contribution < 1.29 is 24.2 Å². The second-order valence-corrected chi connectivity index (χ2v) is 18.8. The van der Waals surface area contributed by atoms with Gasteiger partial charge in [0.1, 0.15) is 0 Å². The Morgan fingerprint density at radius 2 is 1.82 bits per heavy atom. The third-order valence-electron chi connectivity index (χ3n) is 10.8. The number of carbonyl (C=O) groups excluding carboxylic acids is 2. The van der Waals surface area contributed by atoms with Crippen LogP contribution in [0.15, 0.2) is 79.0 Å². The van der Waals surface area contributed by atoms with Crippen molar-refractivity contribution in [3.8, 4) is 0 Å². The number of anilines is 2. The van der Waals surface area contributed by atoms with E-state index in [2.05, 4.69) is 10.3 Å². The number of aliphatic hydroxyl groups is 1. The number of rotatable bonds is 10. The molecule has 50 heavy (non-hydrogen) atoms. The molecule has 0 saturated carbocycles. The van der Waals surface area contributed by atoms with Crippen molar-refractivity contribution in [3.05, 3.63) is 106 Å². The summed E-state index contributed by atoms with van der Waals surface area (Å²) in [6.45, 7) is 7.25. The number of aryl methyl sites for hydroxylation is 1. The fourth-order valence-electron chi connectivity index (χ4n) is 8.42. The van der Waals surface area contributed by atoms with Crippen LogP contribution in [0, 0.1) is 5.92 Å². The Labute approximate surface area is 298 Å². The molecule has 1 spiro atoms. The van der Waals surface area contributed by atoms with Crippen LogP contribution in [0.5, 0.6) is 0 Å². The summed E-state index contributed by atoms with van der Waals surface area (Å²) in [6.07, 6.45) is 4.41. The first-order valence-electron chi connectivity index (χ1n) is 17.5. The number of benzene rings is 3. The molecule has 2 amide bonds. The number of hydrogen-bond acceptors (Lipinski definition) is 7. The number of nitrogens with zero attached hydrogens (tertiary/aromatic N) is 5. The normalized spacial score (nSPS) is 24.3. The molecule has 3 aliphatic heterocycles. The molecule has 3 aromatic carbocycles. The van der Waals surface area contributed by atoms with Gasteiger partial charge in [0, 0.05) is 53.4 Å². The molecule has 2 fully saturated rings. The minimum Gasteiger partial charge on any atom is -0.432 e. The summed E-state index contributed by atoms with van der Waals surface area (Å²) in [5.74, 6) is -0.645. The van der Waals surface area contributed by atoms with Crippen LogP contribution in [0.4, 0.5) is 11.4 Å². The minimum absolute atomic E-state index is 0.0936. The molecule has 2 saturated heterocycles. The molecule has 0 radical (unpaired) electrons. The van der Waals surface area contributed by atoms with Gasteiger partial charge in [0.15, 0.2) is 13.9 Å². The molecule has 2 N–H and O–H groups in total.